The molecule has 0 radical (unpaired) electrons. The van der Waals surface area contributed by atoms with E-state index in [0.717, 1.165) is 0 Å². The van der Waals surface area contributed by atoms with E-state index >= 15 is 0 Å². The highest BCUT2D eigenvalue weighted by molar-refractivity contribution is 5.96. The number of ether oxygens (including phenoxy) is 1. The Bertz CT molecular complexity index is 434. The number of halogens is 1. The summed E-state index contributed by atoms with van der Waals surface area (Å²) in [7, 11) is 1.52. The number of carbonyl (C=O) groups excluding carboxylic acids is 1. The third-order valence-electron chi connectivity index (χ3n) is 2.79. The van der Waals surface area contributed by atoms with E-state index in [-0.39, 0.29) is 24.1 Å². The molecule has 0 aromatic heterocycles. The maximum Gasteiger partial charge on any atom is 0.229 e. The standard InChI is InChI=1S/C11H13FN2O2/c1-16-9-3-2-8(12)10-7(9)4-6(5-13)11(15)14-10/h2-3,6H,4-5,13H2,1H3,(H,14,15). The first kappa shape index (κ1) is 10.9. The Labute approximate surface area is 92.6 Å². The molecule has 1 aliphatic heterocycles. The van der Waals surface area contributed by atoms with Gasteiger partial charge in [0.25, 0.3) is 0 Å². The first-order valence-corrected chi connectivity index (χ1v) is 5.03. The van der Waals surface area contributed by atoms with Gasteiger partial charge in [0, 0.05) is 12.1 Å². The maximum absolute atomic E-state index is 13.5. The zero-order chi connectivity index (χ0) is 11.7. The van der Waals surface area contributed by atoms with E-state index in [4.69, 9.17) is 10.5 Å². The summed E-state index contributed by atoms with van der Waals surface area (Å²) in [6.45, 7) is 0.241. The molecule has 86 valence electrons. The number of amides is 1. The van der Waals surface area contributed by atoms with Crippen LogP contribution in [-0.2, 0) is 11.2 Å². The number of methoxy groups -OCH3 is 1. The van der Waals surface area contributed by atoms with Crippen molar-refractivity contribution in [1.82, 2.24) is 0 Å². The summed E-state index contributed by atoms with van der Waals surface area (Å²) in [5, 5.41) is 2.53. The highest BCUT2D eigenvalue weighted by atomic mass is 19.1. The molecule has 3 N–H and O–H groups in total. The number of nitrogens with two attached hydrogens (primary N) is 1. The van der Waals surface area contributed by atoms with Crippen LogP contribution in [0.15, 0.2) is 12.1 Å². The topological polar surface area (TPSA) is 64.3 Å². The summed E-state index contributed by atoms with van der Waals surface area (Å²) >= 11 is 0. The second kappa shape index (κ2) is 4.09. The fourth-order valence-electron chi connectivity index (χ4n) is 1.88. The van der Waals surface area contributed by atoms with E-state index in [0.29, 0.717) is 17.7 Å². The third kappa shape index (κ3) is 1.63. The summed E-state index contributed by atoms with van der Waals surface area (Å²) in [6.07, 6.45) is 0.415. The van der Waals surface area contributed by atoms with Gasteiger partial charge in [0.15, 0.2) is 0 Å². The van der Waals surface area contributed by atoms with Crippen molar-refractivity contribution in [2.24, 2.45) is 11.7 Å². The van der Waals surface area contributed by atoms with Crippen molar-refractivity contribution < 1.29 is 13.9 Å². The van der Waals surface area contributed by atoms with Crippen molar-refractivity contribution in [2.45, 2.75) is 6.42 Å². The minimum atomic E-state index is -0.445. The van der Waals surface area contributed by atoms with E-state index in [1.807, 2.05) is 0 Å². The molecular formula is C11H13FN2O2. The Morgan fingerprint density at radius 3 is 3.00 bits per heavy atom. The molecule has 1 aromatic rings. The van der Waals surface area contributed by atoms with Crippen molar-refractivity contribution in [2.75, 3.05) is 19.0 Å². The summed E-state index contributed by atoms with van der Waals surface area (Å²) in [4.78, 5) is 11.5. The predicted octanol–water partition coefficient (Wildman–Crippen LogP) is 0.904. The Balaban J connectivity index is 2.49. The van der Waals surface area contributed by atoms with Crippen LogP contribution in [0.4, 0.5) is 10.1 Å². The lowest BCUT2D eigenvalue weighted by atomic mass is 9.92. The molecule has 16 heavy (non-hydrogen) atoms. The molecule has 0 saturated heterocycles. The molecule has 0 aliphatic carbocycles. The van der Waals surface area contributed by atoms with Crippen LogP contribution in [0.2, 0.25) is 0 Å². The normalized spacial score (nSPS) is 18.9. The van der Waals surface area contributed by atoms with Gasteiger partial charge in [-0.1, -0.05) is 0 Å². The average Bonchev–Trinajstić information content (AvgIpc) is 2.30. The number of fused-ring (bicyclic) bond motifs is 1. The molecule has 4 nitrogen and oxygen atoms in total. The molecule has 1 amide bonds. The Kier molecular flexibility index (Phi) is 2.78. The minimum absolute atomic E-state index is 0.217. The number of benzene rings is 1. The molecule has 1 aliphatic rings. The Morgan fingerprint density at radius 1 is 1.62 bits per heavy atom. The van der Waals surface area contributed by atoms with Crippen molar-refractivity contribution in [3.05, 3.63) is 23.5 Å². The van der Waals surface area contributed by atoms with Gasteiger partial charge in [-0.25, -0.2) is 4.39 Å². The maximum atomic E-state index is 13.5. The average molecular weight is 224 g/mol. The van der Waals surface area contributed by atoms with Crippen LogP contribution in [0.3, 0.4) is 0 Å². The molecule has 1 atom stereocenters. The second-order valence-corrected chi connectivity index (χ2v) is 3.73. The molecule has 1 unspecified atom stereocenters. The number of hydrogen-bond acceptors (Lipinski definition) is 3. The molecule has 0 bridgehead atoms. The SMILES string of the molecule is COc1ccc(F)c2c1CC(CN)C(=O)N2. The van der Waals surface area contributed by atoms with E-state index < -0.39 is 5.82 Å². The van der Waals surface area contributed by atoms with Crippen molar-refractivity contribution in [3.63, 3.8) is 0 Å². The molecular weight excluding hydrogens is 211 g/mol. The zero-order valence-corrected chi connectivity index (χ0v) is 8.92. The Morgan fingerprint density at radius 2 is 2.38 bits per heavy atom. The van der Waals surface area contributed by atoms with E-state index in [1.165, 1.54) is 13.2 Å². The minimum Gasteiger partial charge on any atom is -0.496 e. The molecule has 1 heterocycles. The van der Waals surface area contributed by atoms with E-state index in [9.17, 15) is 9.18 Å². The van der Waals surface area contributed by atoms with Crippen molar-refractivity contribution in [1.29, 1.82) is 0 Å². The van der Waals surface area contributed by atoms with Gasteiger partial charge in [0.05, 0.1) is 18.7 Å². The van der Waals surface area contributed by atoms with Crippen LogP contribution < -0.4 is 15.8 Å². The number of nitrogens with one attached hydrogen (secondary N) is 1. The second-order valence-electron chi connectivity index (χ2n) is 3.73. The summed E-state index contributed by atoms with van der Waals surface area (Å²) in [5.74, 6) is -0.417. The highest BCUT2D eigenvalue weighted by Gasteiger charge is 2.29. The number of anilines is 1. The fourth-order valence-corrected chi connectivity index (χ4v) is 1.88. The fraction of sp³-hybridized carbons (Fsp3) is 0.364. The van der Waals surface area contributed by atoms with E-state index in [1.54, 1.807) is 6.07 Å². The Hall–Kier alpha value is -1.62. The number of hydrogen-bond donors (Lipinski definition) is 2. The van der Waals surface area contributed by atoms with Gasteiger partial charge in [-0.05, 0) is 18.6 Å². The molecule has 0 fully saturated rings. The number of carbonyl (C=O) groups is 1. The first-order chi connectivity index (χ1) is 7.67. The van der Waals surface area contributed by atoms with Crippen molar-refractivity contribution in [3.8, 4) is 5.75 Å². The van der Waals surface area contributed by atoms with Crippen LogP contribution in [0.5, 0.6) is 5.75 Å². The lowest BCUT2D eigenvalue weighted by Gasteiger charge is -2.25. The molecule has 0 saturated carbocycles. The van der Waals surface area contributed by atoms with Gasteiger partial charge in [-0.2, -0.15) is 0 Å². The summed E-state index contributed by atoms with van der Waals surface area (Å²) < 4.78 is 18.6. The lowest BCUT2D eigenvalue weighted by molar-refractivity contribution is -0.119. The summed E-state index contributed by atoms with van der Waals surface area (Å²) in [6, 6.07) is 2.83. The van der Waals surface area contributed by atoms with Crippen LogP contribution >= 0.6 is 0 Å². The third-order valence-corrected chi connectivity index (χ3v) is 2.79. The largest absolute Gasteiger partial charge is 0.496 e. The van der Waals surface area contributed by atoms with Crippen LogP contribution in [0.1, 0.15) is 5.56 Å². The zero-order valence-electron chi connectivity index (χ0n) is 8.92. The predicted molar refractivity (Wildman–Crippen MR) is 57.8 cm³/mol. The van der Waals surface area contributed by atoms with Gasteiger partial charge in [-0.3, -0.25) is 4.79 Å². The van der Waals surface area contributed by atoms with Gasteiger partial charge in [-0.15, -0.1) is 0 Å². The van der Waals surface area contributed by atoms with Crippen molar-refractivity contribution >= 4 is 11.6 Å². The van der Waals surface area contributed by atoms with Gasteiger partial charge >= 0.3 is 0 Å². The van der Waals surface area contributed by atoms with Gasteiger partial charge in [0.2, 0.25) is 5.91 Å². The lowest BCUT2D eigenvalue weighted by Crippen LogP contribution is -2.35. The van der Waals surface area contributed by atoms with E-state index in [2.05, 4.69) is 5.32 Å². The highest BCUT2D eigenvalue weighted by Crippen LogP contribution is 2.34. The smallest absolute Gasteiger partial charge is 0.229 e. The van der Waals surface area contributed by atoms with Crippen LogP contribution in [0, 0.1) is 11.7 Å². The number of rotatable bonds is 2. The van der Waals surface area contributed by atoms with Crippen LogP contribution in [0.25, 0.3) is 0 Å². The molecule has 0 spiro atoms. The monoisotopic (exact) mass is 224 g/mol. The van der Waals surface area contributed by atoms with Crippen LogP contribution in [-0.4, -0.2) is 19.6 Å². The molecule has 1 aromatic carbocycles. The summed E-state index contributed by atoms with van der Waals surface area (Å²) in [5.41, 5.74) is 6.38. The first-order valence-electron chi connectivity index (χ1n) is 5.03. The van der Waals surface area contributed by atoms with Gasteiger partial charge in [0.1, 0.15) is 11.6 Å². The molecule has 2 rings (SSSR count). The molecule has 5 heteroatoms. The van der Waals surface area contributed by atoms with Gasteiger partial charge < -0.3 is 15.8 Å². The quantitative estimate of drug-likeness (QED) is 0.784.